The van der Waals surface area contributed by atoms with E-state index in [1.54, 1.807) is 6.07 Å². The smallest absolute Gasteiger partial charge is 0.254 e. The van der Waals surface area contributed by atoms with E-state index in [-0.39, 0.29) is 22.8 Å². The van der Waals surface area contributed by atoms with Crippen molar-refractivity contribution < 1.29 is 18.3 Å². The molecule has 0 radical (unpaired) electrons. The van der Waals surface area contributed by atoms with Gasteiger partial charge in [-0.1, -0.05) is 12.1 Å². The van der Waals surface area contributed by atoms with Gasteiger partial charge in [0.2, 0.25) is 5.95 Å². The van der Waals surface area contributed by atoms with Crippen LogP contribution in [-0.2, 0) is 11.2 Å². The molecule has 1 aromatic heterocycles. The number of benzene rings is 2. The van der Waals surface area contributed by atoms with Gasteiger partial charge in [0.05, 0.1) is 5.56 Å². The van der Waals surface area contributed by atoms with Crippen molar-refractivity contribution in [1.29, 1.82) is 0 Å². The number of aryl methyl sites for hydroxylation is 1. The van der Waals surface area contributed by atoms with Crippen LogP contribution >= 0.6 is 0 Å². The number of halogens is 2. The Hall–Kier alpha value is -3.39. The monoisotopic (exact) mass is 450 g/mol. The van der Waals surface area contributed by atoms with Crippen molar-refractivity contribution in [3.05, 3.63) is 64.4 Å². The number of anilines is 1. The van der Waals surface area contributed by atoms with Gasteiger partial charge in [0.1, 0.15) is 17.2 Å². The first-order valence-corrected chi connectivity index (χ1v) is 11.0. The lowest BCUT2D eigenvalue weighted by Crippen LogP contribution is -2.32. The number of nitrogens with two attached hydrogens (primary N) is 1. The van der Waals surface area contributed by atoms with E-state index in [2.05, 4.69) is 15.3 Å². The van der Waals surface area contributed by atoms with Gasteiger partial charge in [0.25, 0.3) is 5.91 Å². The molecule has 0 spiro atoms. The van der Waals surface area contributed by atoms with E-state index in [0.717, 1.165) is 31.6 Å². The highest BCUT2D eigenvalue weighted by Crippen LogP contribution is 2.34. The number of amides is 1. The van der Waals surface area contributed by atoms with Crippen molar-refractivity contribution in [3.8, 4) is 22.5 Å². The number of nitrogens with zero attached hydrogens (tertiary/aromatic N) is 2. The molecule has 1 fully saturated rings. The predicted molar refractivity (Wildman–Crippen MR) is 121 cm³/mol. The van der Waals surface area contributed by atoms with Gasteiger partial charge in [0.15, 0.2) is 5.82 Å². The minimum atomic E-state index is -0.785. The molecule has 2 aliphatic heterocycles. The molecule has 170 valence electrons. The number of nitrogens with one attached hydrogen (secondary N) is 1. The van der Waals surface area contributed by atoms with Crippen LogP contribution < -0.4 is 11.1 Å². The Balaban J connectivity index is 1.56. The highest BCUT2D eigenvalue weighted by molar-refractivity contribution is 5.97. The van der Waals surface area contributed by atoms with Gasteiger partial charge in [-0.2, -0.15) is 9.37 Å². The van der Waals surface area contributed by atoms with Crippen LogP contribution in [0.2, 0.25) is 0 Å². The molecule has 0 atom stereocenters. The van der Waals surface area contributed by atoms with Crippen molar-refractivity contribution in [2.45, 2.75) is 32.1 Å². The summed E-state index contributed by atoms with van der Waals surface area (Å²) in [6.45, 7) is 3.91. The van der Waals surface area contributed by atoms with E-state index in [1.807, 2.05) is 25.1 Å². The molecule has 0 saturated carbocycles. The Morgan fingerprint density at radius 2 is 1.85 bits per heavy atom. The molecule has 2 aromatic carbocycles. The van der Waals surface area contributed by atoms with Crippen LogP contribution in [0.3, 0.4) is 0 Å². The molecule has 5 rings (SSSR count). The molecule has 33 heavy (non-hydrogen) atoms. The quantitative estimate of drug-likeness (QED) is 0.626. The molecule has 8 heteroatoms. The van der Waals surface area contributed by atoms with Crippen LogP contribution in [0.25, 0.3) is 22.5 Å². The Labute approximate surface area is 190 Å². The van der Waals surface area contributed by atoms with Crippen LogP contribution in [0.4, 0.5) is 14.6 Å². The van der Waals surface area contributed by atoms with Crippen LogP contribution in [-0.4, -0.2) is 35.6 Å². The fourth-order valence-electron chi connectivity index (χ4n) is 4.76. The summed E-state index contributed by atoms with van der Waals surface area (Å²) < 4.78 is 35.0. The lowest BCUT2D eigenvalue weighted by molar-refractivity contribution is 0.0852. The van der Waals surface area contributed by atoms with Gasteiger partial charge in [-0.3, -0.25) is 4.79 Å². The molecule has 3 heterocycles. The SMILES string of the molecule is Cc1cc(-c2nc(-c3cc(F)c4c(c3)CCNC4=O)c(N)nc2F)ccc1C1CCOCC1. The molecule has 0 bridgehead atoms. The average molecular weight is 450 g/mol. The van der Waals surface area contributed by atoms with Crippen LogP contribution in [0.1, 0.15) is 45.8 Å². The first-order valence-electron chi connectivity index (χ1n) is 11.0. The number of hydrogen-bond donors (Lipinski definition) is 2. The maximum atomic E-state index is 14.8. The molecule has 1 amide bonds. The van der Waals surface area contributed by atoms with Crippen molar-refractivity contribution >= 4 is 11.7 Å². The molecule has 3 N–H and O–H groups in total. The van der Waals surface area contributed by atoms with Crippen molar-refractivity contribution in [2.24, 2.45) is 0 Å². The van der Waals surface area contributed by atoms with Gasteiger partial charge < -0.3 is 15.8 Å². The van der Waals surface area contributed by atoms with Crippen LogP contribution in [0.5, 0.6) is 0 Å². The Morgan fingerprint density at radius 3 is 2.61 bits per heavy atom. The van der Waals surface area contributed by atoms with Crippen LogP contribution in [0.15, 0.2) is 30.3 Å². The normalized spacial score (nSPS) is 16.4. The third kappa shape index (κ3) is 3.95. The summed E-state index contributed by atoms with van der Waals surface area (Å²) in [5.74, 6) is -1.61. The van der Waals surface area contributed by atoms with E-state index in [4.69, 9.17) is 10.5 Å². The Bertz CT molecular complexity index is 1260. The summed E-state index contributed by atoms with van der Waals surface area (Å²) >= 11 is 0. The summed E-state index contributed by atoms with van der Waals surface area (Å²) in [6, 6.07) is 8.62. The summed E-state index contributed by atoms with van der Waals surface area (Å²) in [5, 5.41) is 2.63. The molecule has 0 unspecified atom stereocenters. The second-order valence-electron chi connectivity index (χ2n) is 8.55. The second-order valence-corrected chi connectivity index (χ2v) is 8.55. The summed E-state index contributed by atoms with van der Waals surface area (Å²) in [7, 11) is 0. The first-order chi connectivity index (χ1) is 15.9. The van der Waals surface area contributed by atoms with E-state index >= 15 is 0 Å². The summed E-state index contributed by atoms with van der Waals surface area (Å²) in [5.41, 5.74) is 10.0. The van der Waals surface area contributed by atoms with Gasteiger partial charge >= 0.3 is 0 Å². The number of ether oxygens (including phenoxy) is 1. The van der Waals surface area contributed by atoms with Gasteiger partial charge in [-0.05, 0) is 67.0 Å². The third-order valence-electron chi connectivity index (χ3n) is 6.44. The lowest BCUT2D eigenvalue weighted by atomic mass is 9.87. The molecule has 2 aliphatic rings. The number of carbonyl (C=O) groups is 1. The minimum absolute atomic E-state index is 0.0261. The van der Waals surface area contributed by atoms with Gasteiger partial charge in [-0.25, -0.2) is 9.37 Å². The number of hydrogen-bond acceptors (Lipinski definition) is 5. The van der Waals surface area contributed by atoms with E-state index < -0.39 is 17.7 Å². The number of rotatable bonds is 3. The van der Waals surface area contributed by atoms with Crippen LogP contribution in [0, 0.1) is 18.7 Å². The van der Waals surface area contributed by atoms with Crippen molar-refractivity contribution in [2.75, 3.05) is 25.5 Å². The van der Waals surface area contributed by atoms with E-state index in [9.17, 15) is 13.6 Å². The van der Waals surface area contributed by atoms with E-state index in [1.165, 1.54) is 11.6 Å². The zero-order valence-corrected chi connectivity index (χ0v) is 18.3. The molecule has 0 aliphatic carbocycles. The molecular weight excluding hydrogens is 426 g/mol. The first kappa shape index (κ1) is 21.5. The largest absolute Gasteiger partial charge is 0.382 e. The predicted octanol–water partition coefficient (Wildman–Crippen LogP) is 4.16. The maximum Gasteiger partial charge on any atom is 0.254 e. The standard InChI is InChI=1S/C25H24F2N4O2/c1-13-10-16(2-3-18(13)14-5-8-33-9-6-14)21-23(27)31-24(28)22(30-21)17-11-15-4-7-29-25(32)20(15)19(26)12-17/h2-3,10-12,14H,4-9H2,1H3,(H2,28,31)(H,29,32). The fourth-order valence-corrected chi connectivity index (χ4v) is 4.76. The lowest BCUT2D eigenvalue weighted by Gasteiger charge is -2.24. The van der Waals surface area contributed by atoms with Gasteiger partial charge in [0, 0.05) is 30.9 Å². The van der Waals surface area contributed by atoms with Crippen molar-refractivity contribution in [3.63, 3.8) is 0 Å². The number of fused-ring (bicyclic) bond motifs is 1. The molecule has 6 nitrogen and oxygen atoms in total. The second kappa shape index (κ2) is 8.51. The highest BCUT2D eigenvalue weighted by atomic mass is 19.1. The zero-order chi connectivity index (χ0) is 23.1. The molecular formula is C25H24F2N4O2. The number of aromatic nitrogens is 2. The zero-order valence-electron chi connectivity index (χ0n) is 18.3. The average Bonchev–Trinajstić information content (AvgIpc) is 2.79. The molecule has 1 saturated heterocycles. The fraction of sp³-hybridized carbons (Fsp3) is 0.320. The summed E-state index contributed by atoms with van der Waals surface area (Å²) in [4.78, 5) is 20.3. The highest BCUT2D eigenvalue weighted by Gasteiger charge is 2.24. The Kier molecular flexibility index (Phi) is 5.54. The third-order valence-corrected chi connectivity index (χ3v) is 6.44. The number of nitrogen functional groups attached to an aromatic ring is 1. The number of carbonyl (C=O) groups excluding carboxylic acids is 1. The van der Waals surface area contributed by atoms with E-state index in [0.29, 0.717) is 35.6 Å². The Morgan fingerprint density at radius 1 is 1.06 bits per heavy atom. The topological polar surface area (TPSA) is 90.1 Å². The minimum Gasteiger partial charge on any atom is -0.382 e. The van der Waals surface area contributed by atoms with Gasteiger partial charge in [-0.15, -0.1) is 0 Å². The maximum absolute atomic E-state index is 14.8. The molecule has 3 aromatic rings. The summed E-state index contributed by atoms with van der Waals surface area (Å²) in [6.07, 6.45) is 2.41. The van der Waals surface area contributed by atoms with Crippen molar-refractivity contribution in [1.82, 2.24) is 15.3 Å².